The van der Waals surface area contributed by atoms with E-state index >= 15 is 0 Å². The Morgan fingerprint density at radius 2 is 1.75 bits per heavy atom. The van der Waals surface area contributed by atoms with E-state index in [2.05, 4.69) is 4.72 Å². The fourth-order valence-electron chi connectivity index (χ4n) is 2.04. The molecule has 1 rings (SSSR count). The number of aliphatic hydroxyl groups is 1. The van der Waals surface area contributed by atoms with Crippen LogP contribution in [0.1, 0.15) is 39.2 Å². The molecule has 0 saturated carbocycles. The van der Waals surface area contributed by atoms with E-state index in [0.29, 0.717) is 5.56 Å². The van der Waals surface area contributed by atoms with Gasteiger partial charge in [-0.25, -0.2) is 13.1 Å². The molecule has 0 amide bonds. The Balaban J connectivity index is 2.66. The molecule has 0 bridgehead atoms. The third-order valence-corrected chi connectivity index (χ3v) is 5.14. The number of hydrogen-bond acceptors (Lipinski definition) is 3. The van der Waals surface area contributed by atoms with Crippen molar-refractivity contribution in [3.05, 3.63) is 35.9 Å². The lowest BCUT2D eigenvalue weighted by Crippen LogP contribution is -2.40. The van der Waals surface area contributed by atoms with Crippen molar-refractivity contribution < 1.29 is 13.5 Å². The first-order chi connectivity index (χ1) is 9.30. The van der Waals surface area contributed by atoms with Crippen LogP contribution in [0.25, 0.3) is 0 Å². The van der Waals surface area contributed by atoms with Crippen LogP contribution in [0.2, 0.25) is 0 Å². The van der Waals surface area contributed by atoms with Crippen LogP contribution in [0.15, 0.2) is 30.3 Å². The minimum Gasteiger partial charge on any atom is -0.384 e. The van der Waals surface area contributed by atoms with Crippen molar-refractivity contribution in [2.75, 3.05) is 12.3 Å². The van der Waals surface area contributed by atoms with Crippen molar-refractivity contribution in [2.24, 2.45) is 5.92 Å². The summed E-state index contributed by atoms with van der Waals surface area (Å²) in [6.45, 7) is 5.58. The zero-order chi connectivity index (χ0) is 15.2. The van der Waals surface area contributed by atoms with Crippen molar-refractivity contribution >= 4 is 10.0 Å². The summed E-state index contributed by atoms with van der Waals surface area (Å²) in [4.78, 5) is 0. The average Bonchev–Trinajstić information content (AvgIpc) is 2.44. The maximum Gasteiger partial charge on any atom is 0.211 e. The molecule has 20 heavy (non-hydrogen) atoms. The molecule has 0 saturated heterocycles. The van der Waals surface area contributed by atoms with Gasteiger partial charge in [-0.05, 0) is 18.4 Å². The molecule has 0 heterocycles. The van der Waals surface area contributed by atoms with Gasteiger partial charge in [0.15, 0.2) is 0 Å². The lowest BCUT2D eigenvalue weighted by molar-refractivity contribution is 0.0627. The molecule has 1 unspecified atom stereocenters. The third-order valence-electron chi connectivity index (χ3n) is 3.64. The predicted octanol–water partition coefficient (Wildman–Crippen LogP) is 2.25. The number of rotatable bonds is 8. The highest BCUT2D eigenvalue weighted by Gasteiger charge is 2.26. The highest BCUT2D eigenvalue weighted by Crippen LogP contribution is 2.19. The molecule has 1 aromatic rings. The number of nitrogens with one attached hydrogen (secondary N) is 1. The van der Waals surface area contributed by atoms with Crippen LogP contribution in [-0.4, -0.2) is 25.8 Å². The lowest BCUT2D eigenvalue weighted by Gasteiger charge is -2.24. The zero-order valence-corrected chi connectivity index (χ0v) is 13.3. The number of benzene rings is 1. The first-order valence-electron chi connectivity index (χ1n) is 7.06. The molecule has 0 aliphatic carbocycles. The maximum absolute atomic E-state index is 12.0. The van der Waals surface area contributed by atoms with Crippen LogP contribution in [0, 0.1) is 5.92 Å². The van der Waals surface area contributed by atoms with Crippen molar-refractivity contribution in [3.8, 4) is 0 Å². The standard InChI is InChI=1S/C15H25NO3S/c1-4-13(5-2)11-20(18,19)16-12-15(3,17)14-9-7-6-8-10-14/h6-10,13,16-17H,4-5,11-12H2,1-3H3. The number of hydrogen-bond donors (Lipinski definition) is 2. The van der Waals surface area contributed by atoms with E-state index in [4.69, 9.17) is 0 Å². The Morgan fingerprint density at radius 1 is 1.20 bits per heavy atom. The van der Waals surface area contributed by atoms with Crippen molar-refractivity contribution in [1.82, 2.24) is 4.72 Å². The Kier molecular flexibility index (Phi) is 6.17. The van der Waals surface area contributed by atoms with Crippen LogP contribution < -0.4 is 4.72 Å². The van der Waals surface area contributed by atoms with Gasteiger partial charge in [-0.2, -0.15) is 0 Å². The third kappa shape index (κ3) is 5.23. The predicted molar refractivity (Wildman–Crippen MR) is 81.9 cm³/mol. The van der Waals surface area contributed by atoms with E-state index in [0.717, 1.165) is 12.8 Å². The van der Waals surface area contributed by atoms with Crippen molar-refractivity contribution in [2.45, 2.75) is 39.2 Å². The van der Waals surface area contributed by atoms with E-state index in [1.165, 1.54) is 0 Å². The molecular weight excluding hydrogens is 274 g/mol. The molecular formula is C15H25NO3S. The Hall–Kier alpha value is -0.910. The summed E-state index contributed by atoms with van der Waals surface area (Å²) in [7, 11) is -3.36. The maximum atomic E-state index is 12.0. The first-order valence-corrected chi connectivity index (χ1v) is 8.71. The van der Waals surface area contributed by atoms with Crippen LogP contribution >= 0.6 is 0 Å². The van der Waals surface area contributed by atoms with Gasteiger partial charge in [-0.15, -0.1) is 0 Å². The van der Waals surface area contributed by atoms with Gasteiger partial charge in [-0.1, -0.05) is 57.0 Å². The van der Waals surface area contributed by atoms with Gasteiger partial charge < -0.3 is 5.11 Å². The minimum atomic E-state index is -3.36. The second kappa shape index (κ2) is 7.20. The summed E-state index contributed by atoms with van der Waals surface area (Å²) in [5, 5.41) is 10.4. The van der Waals surface area contributed by atoms with Gasteiger partial charge in [-0.3, -0.25) is 0 Å². The normalized spacial score (nSPS) is 15.2. The molecule has 0 aromatic heterocycles. The lowest BCUT2D eigenvalue weighted by atomic mass is 9.97. The molecule has 0 fully saturated rings. The smallest absolute Gasteiger partial charge is 0.211 e. The summed E-state index contributed by atoms with van der Waals surface area (Å²) >= 11 is 0. The van der Waals surface area contributed by atoms with E-state index in [1.54, 1.807) is 19.1 Å². The Morgan fingerprint density at radius 3 is 2.25 bits per heavy atom. The Bertz CT molecular complexity index is 493. The topological polar surface area (TPSA) is 66.4 Å². The number of sulfonamides is 1. The van der Waals surface area contributed by atoms with E-state index in [9.17, 15) is 13.5 Å². The van der Waals surface area contributed by atoms with Gasteiger partial charge in [0, 0.05) is 6.54 Å². The van der Waals surface area contributed by atoms with Crippen LogP contribution in [0.4, 0.5) is 0 Å². The van der Waals surface area contributed by atoms with Gasteiger partial charge >= 0.3 is 0 Å². The van der Waals surface area contributed by atoms with Crippen LogP contribution in [-0.2, 0) is 15.6 Å². The molecule has 0 aliphatic heterocycles. The first kappa shape index (κ1) is 17.1. The summed E-state index contributed by atoms with van der Waals surface area (Å²) < 4.78 is 26.5. The largest absolute Gasteiger partial charge is 0.384 e. The molecule has 0 radical (unpaired) electrons. The summed E-state index contributed by atoms with van der Waals surface area (Å²) in [5.74, 6) is 0.277. The minimum absolute atomic E-state index is 0.0144. The summed E-state index contributed by atoms with van der Waals surface area (Å²) in [6.07, 6.45) is 1.68. The SMILES string of the molecule is CCC(CC)CS(=O)(=O)NCC(C)(O)c1ccccc1. The van der Waals surface area contributed by atoms with Crippen LogP contribution in [0.3, 0.4) is 0 Å². The zero-order valence-electron chi connectivity index (χ0n) is 12.5. The molecule has 0 aliphatic rings. The van der Waals surface area contributed by atoms with E-state index < -0.39 is 15.6 Å². The van der Waals surface area contributed by atoms with Gasteiger partial charge in [0.1, 0.15) is 5.60 Å². The Labute approximate surface area is 122 Å². The molecule has 1 atom stereocenters. The highest BCUT2D eigenvalue weighted by molar-refractivity contribution is 7.89. The summed E-state index contributed by atoms with van der Waals surface area (Å²) in [5.41, 5.74) is -0.507. The molecule has 114 valence electrons. The monoisotopic (exact) mass is 299 g/mol. The van der Waals surface area contributed by atoms with Crippen molar-refractivity contribution in [1.29, 1.82) is 0 Å². The van der Waals surface area contributed by atoms with Crippen LogP contribution in [0.5, 0.6) is 0 Å². The molecule has 4 nitrogen and oxygen atoms in total. The molecule has 0 spiro atoms. The summed E-state index contributed by atoms with van der Waals surface area (Å²) in [6, 6.07) is 9.08. The van der Waals surface area contributed by atoms with Crippen molar-refractivity contribution in [3.63, 3.8) is 0 Å². The fourth-order valence-corrected chi connectivity index (χ4v) is 3.75. The van der Waals surface area contributed by atoms with Gasteiger partial charge in [0.25, 0.3) is 0 Å². The fraction of sp³-hybridized carbons (Fsp3) is 0.600. The second-order valence-corrected chi connectivity index (χ2v) is 7.28. The second-order valence-electron chi connectivity index (χ2n) is 5.42. The molecule has 5 heteroatoms. The molecule has 1 aromatic carbocycles. The molecule has 2 N–H and O–H groups in total. The highest BCUT2D eigenvalue weighted by atomic mass is 32.2. The van der Waals surface area contributed by atoms with Gasteiger partial charge in [0.2, 0.25) is 10.0 Å². The quantitative estimate of drug-likeness (QED) is 0.773. The van der Waals surface area contributed by atoms with E-state index in [1.807, 2.05) is 32.0 Å². The van der Waals surface area contributed by atoms with Gasteiger partial charge in [0.05, 0.1) is 5.75 Å². The average molecular weight is 299 g/mol. The van der Waals surface area contributed by atoms with E-state index in [-0.39, 0.29) is 18.2 Å².